The molecule has 2 aromatic heterocycles. The fourth-order valence-corrected chi connectivity index (χ4v) is 5.18. The summed E-state index contributed by atoms with van der Waals surface area (Å²) in [6, 6.07) is 14.3. The largest absolute Gasteiger partial charge is 0.360 e. The number of amides is 1. The van der Waals surface area contributed by atoms with Crippen LogP contribution >= 0.6 is 11.3 Å². The maximum absolute atomic E-state index is 13.3. The Morgan fingerprint density at radius 3 is 2.53 bits per heavy atom. The molecule has 164 valence electrons. The van der Waals surface area contributed by atoms with Crippen LogP contribution in [0.15, 0.2) is 53.1 Å². The number of aryl methyl sites for hydroxylation is 1. The maximum Gasteiger partial charge on any atom is 0.259 e. The van der Waals surface area contributed by atoms with Crippen LogP contribution in [0.4, 0.5) is 4.39 Å². The molecular weight excluding hydrogens is 427 g/mol. The monoisotopic (exact) mass is 450 g/mol. The van der Waals surface area contributed by atoms with E-state index in [1.54, 1.807) is 30.4 Å². The Kier molecular flexibility index (Phi) is 5.48. The highest BCUT2D eigenvalue weighted by atomic mass is 32.1. The van der Waals surface area contributed by atoms with Crippen LogP contribution in [-0.4, -0.2) is 52.0 Å². The zero-order chi connectivity index (χ0) is 22.2. The number of hydrogen-bond acceptors (Lipinski definition) is 6. The molecular formula is C24H23FN4O2S. The first kappa shape index (κ1) is 20.8. The van der Waals surface area contributed by atoms with Crippen LogP contribution < -0.4 is 0 Å². The fraction of sp³-hybridized carbons (Fsp3) is 0.292. The Morgan fingerprint density at radius 1 is 1.09 bits per heavy atom. The summed E-state index contributed by atoms with van der Waals surface area (Å²) >= 11 is 1.73. The Balaban J connectivity index is 1.30. The third-order valence-electron chi connectivity index (χ3n) is 6.01. The number of hydrogen-bond donors (Lipinski definition) is 0. The number of thiazole rings is 1. The minimum atomic E-state index is -0.333. The summed E-state index contributed by atoms with van der Waals surface area (Å²) in [6.07, 6.45) is 0. The van der Waals surface area contributed by atoms with Gasteiger partial charge in [-0.15, -0.1) is 11.3 Å². The van der Waals surface area contributed by atoms with Gasteiger partial charge in [-0.1, -0.05) is 17.3 Å². The maximum atomic E-state index is 13.3. The lowest BCUT2D eigenvalue weighted by molar-refractivity contribution is 0.0581. The van der Waals surface area contributed by atoms with Crippen LogP contribution in [0.3, 0.4) is 0 Å². The smallest absolute Gasteiger partial charge is 0.259 e. The molecule has 1 saturated heterocycles. The summed E-state index contributed by atoms with van der Waals surface area (Å²) in [4.78, 5) is 22.3. The molecule has 8 heteroatoms. The number of piperazine rings is 1. The van der Waals surface area contributed by atoms with Gasteiger partial charge in [0.05, 0.1) is 16.3 Å². The number of rotatable bonds is 4. The SMILES string of the molecule is Cc1onc(-c2ccc(F)cc2)c1C(=O)N1CCN([C@@H](C)c2nc3ccccc3s2)CC1. The minimum Gasteiger partial charge on any atom is -0.360 e. The molecule has 1 aliphatic rings. The van der Waals surface area contributed by atoms with Crippen molar-refractivity contribution in [3.63, 3.8) is 0 Å². The van der Waals surface area contributed by atoms with E-state index in [9.17, 15) is 9.18 Å². The lowest BCUT2D eigenvalue weighted by Crippen LogP contribution is -2.49. The van der Waals surface area contributed by atoms with Crippen molar-refractivity contribution >= 4 is 27.5 Å². The van der Waals surface area contributed by atoms with Gasteiger partial charge in [0.1, 0.15) is 27.8 Å². The summed E-state index contributed by atoms with van der Waals surface area (Å²) in [5.74, 6) is 0.0372. The van der Waals surface area contributed by atoms with Crippen molar-refractivity contribution in [1.29, 1.82) is 0 Å². The van der Waals surface area contributed by atoms with Crippen molar-refractivity contribution in [1.82, 2.24) is 19.9 Å². The van der Waals surface area contributed by atoms with E-state index < -0.39 is 0 Å². The van der Waals surface area contributed by atoms with E-state index >= 15 is 0 Å². The molecule has 3 heterocycles. The fourth-order valence-electron chi connectivity index (χ4n) is 4.12. The number of carbonyl (C=O) groups excluding carboxylic acids is 1. The number of aromatic nitrogens is 2. The topological polar surface area (TPSA) is 62.5 Å². The molecule has 0 saturated carbocycles. The van der Waals surface area contributed by atoms with E-state index in [0.717, 1.165) is 23.6 Å². The first-order valence-corrected chi connectivity index (χ1v) is 11.4. The van der Waals surface area contributed by atoms with Gasteiger partial charge < -0.3 is 9.42 Å². The third kappa shape index (κ3) is 3.80. The quantitative estimate of drug-likeness (QED) is 0.442. The highest BCUT2D eigenvalue weighted by Gasteiger charge is 2.30. The normalized spacial score (nSPS) is 15.9. The number of halogens is 1. The minimum absolute atomic E-state index is 0.102. The average Bonchev–Trinajstić information content (AvgIpc) is 3.42. The zero-order valence-corrected chi connectivity index (χ0v) is 18.7. The highest BCUT2D eigenvalue weighted by molar-refractivity contribution is 7.18. The summed E-state index contributed by atoms with van der Waals surface area (Å²) in [6.45, 7) is 6.66. The van der Waals surface area contributed by atoms with E-state index in [-0.39, 0.29) is 17.8 Å². The number of para-hydroxylation sites is 1. The van der Waals surface area contributed by atoms with Gasteiger partial charge in [-0.25, -0.2) is 9.37 Å². The van der Waals surface area contributed by atoms with Gasteiger partial charge in [0.25, 0.3) is 5.91 Å². The summed E-state index contributed by atoms with van der Waals surface area (Å²) in [5, 5.41) is 5.17. The Bertz CT molecular complexity index is 1230. The molecule has 0 aliphatic carbocycles. The van der Waals surface area contributed by atoms with Crippen molar-refractivity contribution in [2.24, 2.45) is 0 Å². The number of benzene rings is 2. The van der Waals surface area contributed by atoms with Crippen molar-refractivity contribution < 1.29 is 13.7 Å². The summed E-state index contributed by atoms with van der Waals surface area (Å²) in [5.41, 5.74) is 2.60. The van der Waals surface area contributed by atoms with E-state index in [0.29, 0.717) is 35.7 Å². The predicted octanol–water partition coefficient (Wildman–Crippen LogP) is 4.92. The molecule has 4 aromatic rings. The zero-order valence-electron chi connectivity index (χ0n) is 17.9. The second-order valence-corrected chi connectivity index (χ2v) is 9.06. The van der Waals surface area contributed by atoms with Gasteiger partial charge in [-0.05, 0) is 50.2 Å². The number of carbonyl (C=O) groups is 1. The van der Waals surface area contributed by atoms with Gasteiger partial charge in [0, 0.05) is 31.7 Å². The third-order valence-corrected chi connectivity index (χ3v) is 7.22. The highest BCUT2D eigenvalue weighted by Crippen LogP contribution is 2.31. The Labute approximate surface area is 189 Å². The molecule has 2 aromatic carbocycles. The molecule has 6 nitrogen and oxygen atoms in total. The molecule has 1 aliphatic heterocycles. The Morgan fingerprint density at radius 2 is 1.81 bits per heavy atom. The average molecular weight is 451 g/mol. The lowest BCUT2D eigenvalue weighted by Gasteiger charge is -2.37. The number of nitrogens with zero attached hydrogens (tertiary/aromatic N) is 4. The van der Waals surface area contributed by atoms with Gasteiger partial charge in [-0.2, -0.15) is 0 Å². The molecule has 0 radical (unpaired) electrons. The van der Waals surface area contributed by atoms with Gasteiger partial charge >= 0.3 is 0 Å². The first-order chi connectivity index (χ1) is 15.5. The van der Waals surface area contributed by atoms with Crippen LogP contribution in [0, 0.1) is 12.7 Å². The van der Waals surface area contributed by atoms with Crippen LogP contribution in [0.2, 0.25) is 0 Å². The first-order valence-electron chi connectivity index (χ1n) is 10.6. The van der Waals surface area contributed by atoms with E-state index in [4.69, 9.17) is 9.51 Å². The molecule has 0 bridgehead atoms. The van der Waals surface area contributed by atoms with E-state index in [2.05, 4.69) is 23.0 Å². The van der Waals surface area contributed by atoms with Gasteiger partial charge in [0.2, 0.25) is 0 Å². The molecule has 5 rings (SSSR count). The molecule has 0 spiro atoms. The molecule has 1 fully saturated rings. The van der Waals surface area contributed by atoms with Gasteiger partial charge in [-0.3, -0.25) is 9.69 Å². The van der Waals surface area contributed by atoms with Crippen LogP contribution in [0.25, 0.3) is 21.5 Å². The van der Waals surface area contributed by atoms with Crippen molar-refractivity contribution in [3.8, 4) is 11.3 Å². The van der Waals surface area contributed by atoms with Gasteiger partial charge in [0.15, 0.2) is 0 Å². The van der Waals surface area contributed by atoms with E-state index in [1.165, 1.54) is 16.8 Å². The molecule has 32 heavy (non-hydrogen) atoms. The Hall–Kier alpha value is -3.10. The molecule has 1 amide bonds. The molecule has 0 unspecified atom stereocenters. The summed E-state index contributed by atoms with van der Waals surface area (Å²) in [7, 11) is 0. The van der Waals surface area contributed by atoms with Crippen LogP contribution in [0.1, 0.15) is 34.1 Å². The molecule has 1 atom stereocenters. The van der Waals surface area contributed by atoms with Crippen molar-refractivity contribution in [3.05, 3.63) is 70.7 Å². The predicted molar refractivity (Wildman–Crippen MR) is 122 cm³/mol. The second-order valence-electron chi connectivity index (χ2n) is 7.99. The van der Waals surface area contributed by atoms with Crippen LogP contribution in [-0.2, 0) is 0 Å². The lowest BCUT2D eigenvalue weighted by atomic mass is 10.0. The van der Waals surface area contributed by atoms with Crippen LogP contribution in [0.5, 0.6) is 0 Å². The van der Waals surface area contributed by atoms with E-state index in [1.807, 2.05) is 23.1 Å². The second kappa shape index (κ2) is 8.44. The summed E-state index contributed by atoms with van der Waals surface area (Å²) < 4.78 is 19.8. The van der Waals surface area contributed by atoms with Crippen molar-refractivity contribution in [2.75, 3.05) is 26.2 Å². The van der Waals surface area contributed by atoms with Crippen molar-refractivity contribution in [2.45, 2.75) is 19.9 Å². The molecule has 0 N–H and O–H groups in total. The number of fused-ring (bicyclic) bond motifs is 1. The standard InChI is InChI=1S/C24H23FN4O2S/c1-15(23-26-19-5-3-4-6-20(19)32-23)28-11-13-29(14-12-28)24(30)21-16(2)31-27-22(21)17-7-9-18(25)10-8-17/h3-10,15H,11-14H2,1-2H3/t15-/m0/s1.